The average Bonchev–Trinajstić information content (AvgIpc) is 3.38. The van der Waals surface area contributed by atoms with Crippen molar-refractivity contribution >= 4 is 44.9 Å². The number of halogens is 1. The molecule has 0 aliphatic rings. The lowest BCUT2D eigenvalue weighted by Gasteiger charge is -2.07. The first-order valence-electron chi connectivity index (χ1n) is 9.44. The SMILES string of the molecule is Cc1onc(-c2ccccc2Cl)c1C(=O)Nc1ccc(-c2nc3cccnc3s2)cc1. The minimum absolute atomic E-state index is 0.314. The van der Waals surface area contributed by atoms with Crippen LogP contribution in [-0.4, -0.2) is 21.0 Å². The highest BCUT2D eigenvalue weighted by molar-refractivity contribution is 7.21. The summed E-state index contributed by atoms with van der Waals surface area (Å²) in [7, 11) is 0. The van der Waals surface area contributed by atoms with Crippen LogP contribution in [0.15, 0.2) is 71.4 Å². The lowest BCUT2D eigenvalue weighted by atomic mass is 10.1. The van der Waals surface area contributed by atoms with Gasteiger partial charge in [0.2, 0.25) is 0 Å². The molecule has 0 saturated heterocycles. The van der Waals surface area contributed by atoms with Gasteiger partial charge in [0.15, 0.2) is 0 Å². The molecule has 1 amide bonds. The molecular formula is C23H15ClN4O2S. The van der Waals surface area contributed by atoms with E-state index in [4.69, 9.17) is 16.1 Å². The van der Waals surface area contributed by atoms with Gasteiger partial charge in [-0.1, -0.05) is 46.3 Å². The van der Waals surface area contributed by atoms with Crippen LogP contribution >= 0.6 is 22.9 Å². The highest BCUT2D eigenvalue weighted by atomic mass is 35.5. The number of nitrogens with one attached hydrogen (secondary N) is 1. The molecule has 5 aromatic rings. The Hall–Kier alpha value is -3.55. The van der Waals surface area contributed by atoms with Crippen LogP contribution in [0.2, 0.25) is 5.02 Å². The number of thiazole rings is 1. The average molecular weight is 447 g/mol. The predicted octanol–water partition coefficient (Wildman–Crippen LogP) is 6.23. The van der Waals surface area contributed by atoms with Crippen molar-refractivity contribution in [2.75, 3.05) is 5.32 Å². The molecule has 31 heavy (non-hydrogen) atoms. The number of benzene rings is 2. The van der Waals surface area contributed by atoms with Crippen LogP contribution in [0.25, 0.3) is 32.2 Å². The number of nitrogens with zero attached hydrogens (tertiary/aromatic N) is 3. The maximum Gasteiger partial charge on any atom is 0.261 e. The highest BCUT2D eigenvalue weighted by Gasteiger charge is 2.23. The Morgan fingerprint density at radius 1 is 1.06 bits per heavy atom. The van der Waals surface area contributed by atoms with E-state index in [1.165, 1.54) is 11.3 Å². The topological polar surface area (TPSA) is 80.9 Å². The lowest BCUT2D eigenvalue weighted by molar-refractivity contribution is 0.102. The van der Waals surface area contributed by atoms with E-state index in [1.807, 2.05) is 48.5 Å². The summed E-state index contributed by atoms with van der Waals surface area (Å²) in [4.78, 5) is 22.8. The minimum atomic E-state index is -0.314. The predicted molar refractivity (Wildman–Crippen MR) is 122 cm³/mol. The number of carbonyl (C=O) groups is 1. The van der Waals surface area contributed by atoms with E-state index >= 15 is 0 Å². The second-order valence-corrected chi connectivity index (χ2v) is 8.21. The van der Waals surface area contributed by atoms with E-state index in [0.717, 1.165) is 20.9 Å². The van der Waals surface area contributed by atoms with Crippen LogP contribution in [0.5, 0.6) is 0 Å². The number of aryl methyl sites for hydroxylation is 1. The monoisotopic (exact) mass is 446 g/mol. The Balaban J connectivity index is 1.40. The molecule has 0 aliphatic heterocycles. The molecule has 1 N–H and O–H groups in total. The molecule has 5 rings (SSSR count). The molecular weight excluding hydrogens is 432 g/mol. The van der Waals surface area contributed by atoms with Crippen molar-refractivity contribution in [3.63, 3.8) is 0 Å². The normalized spacial score (nSPS) is 11.0. The zero-order valence-corrected chi connectivity index (χ0v) is 17.9. The van der Waals surface area contributed by atoms with E-state index in [0.29, 0.717) is 33.3 Å². The molecule has 0 spiro atoms. The van der Waals surface area contributed by atoms with Gasteiger partial charge in [0.25, 0.3) is 5.91 Å². The van der Waals surface area contributed by atoms with Crippen molar-refractivity contribution in [3.05, 3.63) is 83.2 Å². The van der Waals surface area contributed by atoms with E-state index in [2.05, 4.69) is 20.4 Å². The van der Waals surface area contributed by atoms with Gasteiger partial charge in [0.1, 0.15) is 32.4 Å². The fourth-order valence-corrected chi connectivity index (χ4v) is 4.40. The molecule has 2 aromatic carbocycles. The second-order valence-electron chi connectivity index (χ2n) is 6.82. The number of pyridine rings is 1. The van der Waals surface area contributed by atoms with Gasteiger partial charge in [0, 0.05) is 23.0 Å². The summed E-state index contributed by atoms with van der Waals surface area (Å²) in [6.07, 6.45) is 1.76. The molecule has 3 aromatic heterocycles. The molecule has 0 radical (unpaired) electrons. The maximum atomic E-state index is 13.0. The summed E-state index contributed by atoms with van der Waals surface area (Å²) in [5.74, 6) is 0.108. The van der Waals surface area contributed by atoms with Crippen molar-refractivity contribution in [3.8, 4) is 21.8 Å². The van der Waals surface area contributed by atoms with Crippen molar-refractivity contribution in [1.29, 1.82) is 0 Å². The molecule has 0 saturated carbocycles. The fourth-order valence-electron chi connectivity index (χ4n) is 3.26. The van der Waals surface area contributed by atoms with E-state index in [9.17, 15) is 4.79 Å². The first kappa shape index (κ1) is 19.4. The van der Waals surface area contributed by atoms with Gasteiger partial charge >= 0.3 is 0 Å². The summed E-state index contributed by atoms with van der Waals surface area (Å²) in [5, 5.41) is 8.34. The molecule has 0 aliphatic carbocycles. The van der Waals surface area contributed by atoms with Gasteiger partial charge < -0.3 is 9.84 Å². The summed E-state index contributed by atoms with van der Waals surface area (Å²) in [6, 6.07) is 18.5. The molecule has 0 bridgehead atoms. The van der Waals surface area contributed by atoms with Gasteiger partial charge in [-0.3, -0.25) is 4.79 Å². The third-order valence-electron chi connectivity index (χ3n) is 4.77. The molecule has 0 unspecified atom stereocenters. The van der Waals surface area contributed by atoms with Crippen LogP contribution in [0.1, 0.15) is 16.1 Å². The number of hydrogen-bond donors (Lipinski definition) is 1. The number of anilines is 1. The van der Waals surface area contributed by atoms with Crippen LogP contribution in [0.3, 0.4) is 0 Å². The van der Waals surface area contributed by atoms with Gasteiger partial charge in [-0.05, 0) is 49.4 Å². The number of aromatic nitrogens is 3. The van der Waals surface area contributed by atoms with Crippen LogP contribution < -0.4 is 5.32 Å². The van der Waals surface area contributed by atoms with Crippen LogP contribution in [0.4, 0.5) is 5.69 Å². The zero-order chi connectivity index (χ0) is 21.4. The van der Waals surface area contributed by atoms with Gasteiger partial charge in [-0.15, -0.1) is 0 Å². The Morgan fingerprint density at radius 2 is 1.87 bits per heavy atom. The van der Waals surface area contributed by atoms with Crippen molar-refractivity contribution in [2.45, 2.75) is 6.92 Å². The van der Waals surface area contributed by atoms with Gasteiger partial charge in [-0.2, -0.15) is 0 Å². The Morgan fingerprint density at radius 3 is 2.65 bits per heavy atom. The minimum Gasteiger partial charge on any atom is -0.360 e. The van der Waals surface area contributed by atoms with Crippen molar-refractivity contribution < 1.29 is 9.32 Å². The third-order valence-corrected chi connectivity index (χ3v) is 6.13. The zero-order valence-electron chi connectivity index (χ0n) is 16.3. The van der Waals surface area contributed by atoms with E-state index < -0.39 is 0 Å². The third kappa shape index (κ3) is 3.69. The summed E-state index contributed by atoms with van der Waals surface area (Å²) >= 11 is 7.82. The molecule has 152 valence electrons. The molecule has 0 atom stereocenters. The fraction of sp³-hybridized carbons (Fsp3) is 0.0435. The van der Waals surface area contributed by atoms with Gasteiger partial charge in [-0.25, -0.2) is 9.97 Å². The lowest BCUT2D eigenvalue weighted by Crippen LogP contribution is -2.13. The van der Waals surface area contributed by atoms with E-state index in [1.54, 1.807) is 25.3 Å². The van der Waals surface area contributed by atoms with Crippen molar-refractivity contribution in [2.24, 2.45) is 0 Å². The van der Waals surface area contributed by atoms with E-state index in [-0.39, 0.29) is 5.91 Å². The molecule has 8 heteroatoms. The maximum absolute atomic E-state index is 13.0. The summed E-state index contributed by atoms with van der Waals surface area (Å²) < 4.78 is 5.29. The number of amides is 1. The quantitative estimate of drug-likeness (QED) is 0.354. The molecule has 0 fully saturated rings. The number of fused-ring (bicyclic) bond motifs is 1. The Kier molecular flexibility index (Phi) is 4.97. The molecule has 3 heterocycles. The first-order valence-corrected chi connectivity index (χ1v) is 10.6. The first-order chi connectivity index (χ1) is 15.1. The Bertz CT molecular complexity index is 1380. The number of hydrogen-bond acceptors (Lipinski definition) is 6. The summed E-state index contributed by atoms with van der Waals surface area (Å²) in [6.45, 7) is 1.70. The van der Waals surface area contributed by atoms with Gasteiger partial charge in [0.05, 0.1) is 5.02 Å². The van der Waals surface area contributed by atoms with Crippen LogP contribution in [0, 0.1) is 6.92 Å². The van der Waals surface area contributed by atoms with Crippen molar-refractivity contribution in [1.82, 2.24) is 15.1 Å². The number of carbonyl (C=O) groups excluding carboxylic acids is 1. The standard InChI is InChI=1S/C23H15ClN4O2S/c1-13-19(20(28-30-13)16-5-2-3-6-17(16)24)21(29)26-15-10-8-14(9-11-15)22-27-18-7-4-12-25-23(18)31-22/h2-12H,1H3,(H,26,29). The second kappa shape index (κ2) is 7.94. The number of rotatable bonds is 4. The smallest absolute Gasteiger partial charge is 0.261 e. The van der Waals surface area contributed by atoms with Crippen LogP contribution in [-0.2, 0) is 0 Å². The summed E-state index contributed by atoms with van der Waals surface area (Å²) in [5.41, 5.74) is 3.90. The Labute approximate surface area is 186 Å². The molecule has 6 nitrogen and oxygen atoms in total. The highest BCUT2D eigenvalue weighted by Crippen LogP contribution is 2.32. The largest absolute Gasteiger partial charge is 0.360 e.